The topological polar surface area (TPSA) is 84.3 Å². The van der Waals surface area contributed by atoms with Crippen LogP contribution in [0.4, 0.5) is 10.5 Å². The summed E-state index contributed by atoms with van der Waals surface area (Å²) in [7, 11) is 0. The Morgan fingerprint density at radius 1 is 0.973 bits per heavy atom. The number of carbonyl (C=O) groups excluding carboxylic acids is 2. The fraction of sp³-hybridized carbons (Fsp3) is 0.357. The molecular weight excluding hydrogens is 490 g/mol. The number of urea groups is 1. The van der Waals surface area contributed by atoms with Gasteiger partial charge in [0.2, 0.25) is 12.7 Å². The Hall–Kier alpha value is -3.59. The summed E-state index contributed by atoms with van der Waals surface area (Å²) in [5, 5.41) is 2.93. The van der Waals surface area contributed by atoms with Crippen LogP contribution in [0.1, 0.15) is 30.9 Å². The molecule has 0 bridgehead atoms. The van der Waals surface area contributed by atoms with Gasteiger partial charge in [0.15, 0.2) is 11.5 Å². The second kappa shape index (κ2) is 12.1. The highest BCUT2D eigenvalue weighted by Gasteiger charge is 2.24. The van der Waals surface area contributed by atoms with Gasteiger partial charge in [-0.05, 0) is 73.2 Å². The first kappa shape index (κ1) is 26.5. The minimum Gasteiger partial charge on any atom is -0.464 e. The Morgan fingerprint density at radius 3 is 2.41 bits per heavy atom. The van der Waals surface area contributed by atoms with Crippen LogP contribution in [-0.4, -0.2) is 47.9 Å². The number of ether oxygens (including phenoxy) is 2. The molecule has 9 heteroatoms. The van der Waals surface area contributed by atoms with Crippen molar-refractivity contribution in [3.63, 3.8) is 0 Å². The van der Waals surface area contributed by atoms with Gasteiger partial charge in [0.05, 0.1) is 6.54 Å². The van der Waals surface area contributed by atoms with Crippen molar-refractivity contribution in [2.45, 2.75) is 38.8 Å². The van der Waals surface area contributed by atoms with Gasteiger partial charge in [0.25, 0.3) is 0 Å². The molecule has 4 rings (SSSR count). The number of furan rings is 1. The summed E-state index contributed by atoms with van der Waals surface area (Å²) in [6, 6.07) is 16.7. The molecule has 1 aliphatic heterocycles. The van der Waals surface area contributed by atoms with Crippen LogP contribution in [-0.2, 0) is 17.9 Å². The second-order valence-corrected chi connectivity index (χ2v) is 10.3. The van der Waals surface area contributed by atoms with Crippen LogP contribution in [0.5, 0.6) is 11.5 Å². The molecule has 0 spiro atoms. The first-order chi connectivity index (χ1) is 17.8. The number of benzene rings is 2. The SMILES string of the molecule is CSc1ccc(NC(=O)N(CC(=O)N(Cc2ccc3c(c2)OCO3)Cc2ccc(C)o2)CC(C)C)cc1. The van der Waals surface area contributed by atoms with E-state index in [1.54, 1.807) is 21.6 Å². The molecule has 196 valence electrons. The monoisotopic (exact) mass is 523 g/mol. The van der Waals surface area contributed by atoms with Crippen molar-refractivity contribution in [3.8, 4) is 11.5 Å². The molecule has 37 heavy (non-hydrogen) atoms. The largest absolute Gasteiger partial charge is 0.464 e. The lowest BCUT2D eigenvalue weighted by molar-refractivity contribution is -0.133. The lowest BCUT2D eigenvalue weighted by Crippen LogP contribution is -2.45. The smallest absolute Gasteiger partial charge is 0.322 e. The zero-order valence-corrected chi connectivity index (χ0v) is 22.5. The van der Waals surface area contributed by atoms with Crippen molar-refractivity contribution in [1.29, 1.82) is 0 Å². The van der Waals surface area contributed by atoms with Gasteiger partial charge in [0, 0.05) is 23.7 Å². The Kier molecular flexibility index (Phi) is 8.66. The number of nitrogens with one attached hydrogen (secondary N) is 1. The number of rotatable bonds is 10. The number of thioether (sulfide) groups is 1. The zero-order chi connectivity index (χ0) is 26.4. The lowest BCUT2D eigenvalue weighted by atomic mass is 10.1. The first-order valence-corrected chi connectivity index (χ1v) is 13.4. The second-order valence-electron chi connectivity index (χ2n) is 9.38. The van der Waals surface area contributed by atoms with E-state index in [9.17, 15) is 9.59 Å². The van der Waals surface area contributed by atoms with Gasteiger partial charge < -0.3 is 29.0 Å². The van der Waals surface area contributed by atoms with Crippen LogP contribution in [0.25, 0.3) is 0 Å². The van der Waals surface area contributed by atoms with E-state index >= 15 is 0 Å². The maximum absolute atomic E-state index is 13.6. The van der Waals surface area contributed by atoms with E-state index in [0.717, 1.165) is 16.2 Å². The first-order valence-electron chi connectivity index (χ1n) is 12.2. The molecule has 8 nitrogen and oxygen atoms in total. The van der Waals surface area contributed by atoms with E-state index in [-0.39, 0.29) is 37.7 Å². The molecule has 0 fully saturated rings. The average molecular weight is 524 g/mol. The molecule has 3 aromatic rings. The molecule has 0 unspecified atom stereocenters. The van der Waals surface area contributed by atoms with Gasteiger partial charge in [-0.15, -0.1) is 11.8 Å². The fourth-order valence-corrected chi connectivity index (χ4v) is 4.46. The number of anilines is 1. The van der Waals surface area contributed by atoms with Crippen molar-refractivity contribution >= 4 is 29.4 Å². The van der Waals surface area contributed by atoms with Crippen molar-refractivity contribution in [2.75, 3.05) is 31.5 Å². The number of carbonyl (C=O) groups is 2. The Morgan fingerprint density at radius 2 is 1.73 bits per heavy atom. The van der Waals surface area contributed by atoms with E-state index in [4.69, 9.17) is 13.9 Å². The van der Waals surface area contributed by atoms with E-state index in [0.29, 0.717) is 36.0 Å². The molecule has 2 aromatic carbocycles. The molecule has 3 amide bonds. The third kappa shape index (κ3) is 7.22. The van der Waals surface area contributed by atoms with Gasteiger partial charge in [0.1, 0.15) is 18.1 Å². The summed E-state index contributed by atoms with van der Waals surface area (Å²) in [6.45, 7) is 7.11. The van der Waals surface area contributed by atoms with Crippen LogP contribution < -0.4 is 14.8 Å². The van der Waals surface area contributed by atoms with E-state index in [1.807, 2.05) is 81.6 Å². The number of fused-ring (bicyclic) bond motifs is 1. The zero-order valence-electron chi connectivity index (χ0n) is 21.7. The standard InChI is InChI=1S/C28H33N3O5S/c1-19(2)14-31(28(33)29-22-7-10-24(37-4)11-8-22)17-27(32)30(16-23-9-5-20(3)36-23)15-21-6-12-25-26(13-21)35-18-34-25/h5-13,19H,14-18H2,1-4H3,(H,29,33). The number of hydrogen-bond acceptors (Lipinski definition) is 6. The predicted octanol–water partition coefficient (Wildman–Crippen LogP) is 5.76. The van der Waals surface area contributed by atoms with E-state index < -0.39 is 0 Å². The quantitative estimate of drug-likeness (QED) is 0.340. The van der Waals surface area contributed by atoms with Crippen molar-refractivity contribution < 1.29 is 23.5 Å². The molecule has 2 heterocycles. The van der Waals surface area contributed by atoms with Gasteiger partial charge in [-0.2, -0.15) is 0 Å². The molecule has 0 aliphatic carbocycles. The number of aryl methyl sites for hydroxylation is 1. The van der Waals surface area contributed by atoms with Gasteiger partial charge in [-0.1, -0.05) is 19.9 Å². The highest BCUT2D eigenvalue weighted by Crippen LogP contribution is 2.33. The maximum atomic E-state index is 13.6. The molecule has 0 atom stereocenters. The number of hydrogen-bond donors (Lipinski definition) is 1. The van der Waals surface area contributed by atoms with Crippen LogP contribution in [0.15, 0.2) is 63.9 Å². The lowest BCUT2D eigenvalue weighted by Gasteiger charge is -2.28. The van der Waals surface area contributed by atoms with Crippen LogP contribution in [0.3, 0.4) is 0 Å². The molecule has 0 saturated carbocycles. The summed E-state index contributed by atoms with van der Waals surface area (Å²) >= 11 is 1.64. The molecule has 1 N–H and O–H groups in total. The summed E-state index contributed by atoms with van der Waals surface area (Å²) in [6.07, 6.45) is 2.00. The van der Waals surface area contributed by atoms with Crippen molar-refractivity contribution in [2.24, 2.45) is 5.92 Å². The van der Waals surface area contributed by atoms with Crippen LogP contribution >= 0.6 is 11.8 Å². The third-order valence-corrected chi connectivity index (χ3v) is 6.59. The number of nitrogens with zero attached hydrogens (tertiary/aromatic N) is 2. The third-order valence-electron chi connectivity index (χ3n) is 5.85. The maximum Gasteiger partial charge on any atom is 0.322 e. The summed E-state index contributed by atoms with van der Waals surface area (Å²) in [5.41, 5.74) is 1.59. The molecule has 1 aromatic heterocycles. The summed E-state index contributed by atoms with van der Waals surface area (Å²) < 4.78 is 16.7. The highest BCUT2D eigenvalue weighted by molar-refractivity contribution is 7.98. The minimum atomic E-state index is -0.309. The van der Waals surface area contributed by atoms with E-state index in [1.165, 1.54) is 0 Å². The van der Waals surface area contributed by atoms with Crippen molar-refractivity contribution in [3.05, 3.63) is 71.7 Å². The van der Waals surface area contributed by atoms with Gasteiger partial charge >= 0.3 is 6.03 Å². The van der Waals surface area contributed by atoms with Crippen molar-refractivity contribution in [1.82, 2.24) is 9.80 Å². The van der Waals surface area contributed by atoms with Crippen LogP contribution in [0, 0.1) is 12.8 Å². The van der Waals surface area contributed by atoms with E-state index in [2.05, 4.69) is 5.32 Å². The Balaban J connectivity index is 1.50. The van der Waals surface area contributed by atoms with Crippen LogP contribution in [0.2, 0.25) is 0 Å². The van der Waals surface area contributed by atoms with Gasteiger partial charge in [-0.25, -0.2) is 4.79 Å². The fourth-order valence-electron chi connectivity index (χ4n) is 4.05. The summed E-state index contributed by atoms with van der Waals surface area (Å²) in [5.74, 6) is 2.81. The average Bonchev–Trinajstić information content (AvgIpc) is 3.51. The molecule has 0 radical (unpaired) electrons. The summed E-state index contributed by atoms with van der Waals surface area (Å²) in [4.78, 5) is 31.2. The molecule has 1 aliphatic rings. The Bertz CT molecular complexity index is 1220. The molecule has 0 saturated heterocycles. The number of amides is 3. The predicted molar refractivity (Wildman–Crippen MR) is 144 cm³/mol. The minimum absolute atomic E-state index is 0.0584. The Labute approximate surface area is 221 Å². The molecular formula is C28H33N3O5S. The highest BCUT2D eigenvalue weighted by atomic mass is 32.2. The van der Waals surface area contributed by atoms with Gasteiger partial charge in [-0.3, -0.25) is 4.79 Å². The normalized spacial score (nSPS) is 12.0.